The van der Waals surface area contributed by atoms with Crippen LogP contribution in [0.1, 0.15) is 24.7 Å². The molecule has 0 fully saturated rings. The van der Waals surface area contributed by atoms with Crippen LogP contribution in [0.3, 0.4) is 0 Å². The van der Waals surface area contributed by atoms with E-state index in [0.717, 1.165) is 32.6 Å². The van der Waals surface area contributed by atoms with Crippen LogP contribution in [0.5, 0.6) is 0 Å². The molecule has 0 radical (unpaired) electrons. The molecular formula is C23H22N2OS. The van der Waals surface area contributed by atoms with Crippen LogP contribution in [0.15, 0.2) is 53.4 Å². The molecule has 0 aliphatic carbocycles. The zero-order valence-electron chi connectivity index (χ0n) is 15.6. The van der Waals surface area contributed by atoms with Gasteiger partial charge in [-0.3, -0.25) is 4.79 Å². The van der Waals surface area contributed by atoms with Gasteiger partial charge in [0, 0.05) is 40.0 Å². The van der Waals surface area contributed by atoms with Crippen LogP contribution in [0.25, 0.3) is 22.2 Å². The van der Waals surface area contributed by atoms with E-state index < -0.39 is 0 Å². The summed E-state index contributed by atoms with van der Waals surface area (Å²) in [4.78, 5) is 16.5. The van der Waals surface area contributed by atoms with Crippen LogP contribution < -0.4 is 0 Å². The minimum Gasteiger partial charge on any atom is -0.342 e. The lowest BCUT2D eigenvalue weighted by Gasteiger charge is -2.29. The van der Waals surface area contributed by atoms with Crippen molar-refractivity contribution in [2.45, 2.75) is 30.5 Å². The van der Waals surface area contributed by atoms with Crippen molar-refractivity contribution >= 4 is 28.6 Å². The van der Waals surface area contributed by atoms with Crippen LogP contribution in [-0.2, 0) is 11.3 Å². The molecule has 0 saturated heterocycles. The summed E-state index contributed by atoms with van der Waals surface area (Å²) in [6.07, 6.45) is 5.70. The third kappa shape index (κ3) is 2.74. The molecule has 2 aromatic carbocycles. The SMILES string of the molecule is C#CCn1c2c(c3ccccc31)C([11C](=O)N(CC)CC)Sc1ccccc1-2. The van der Waals surface area contributed by atoms with Gasteiger partial charge in [0.05, 0.1) is 12.2 Å². The van der Waals surface area contributed by atoms with Crippen LogP contribution in [0.2, 0.25) is 0 Å². The molecule has 1 amide bonds. The molecular weight excluding hydrogens is 351 g/mol. The molecule has 1 atom stereocenters. The molecule has 4 rings (SSSR count). The summed E-state index contributed by atoms with van der Waals surface area (Å²) < 4.78 is 2.19. The summed E-state index contributed by atoms with van der Waals surface area (Å²) in [7, 11) is 0. The first-order valence-electron chi connectivity index (χ1n) is 9.30. The van der Waals surface area contributed by atoms with Gasteiger partial charge in [0.2, 0.25) is 5.91 Å². The fourth-order valence-electron chi connectivity index (χ4n) is 3.97. The number of thioether (sulfide) groups is 1. The Hall–Kier alpha value is -2.64. The summed E-state index contributed by atoms with van der Waals surface area (Å²) in [5.74, 6) is 2.96. The minimum absolute atomic E-state index is 0.171. The zero-order valence-corrected chi connectivity index (χ0v) is 16.4. The molecule has 0 N–H and O–H groups in total. The largest absolute Gasteiger partial charge is 0.342 e. The van der Waals surface area contributed by atoms with Gasteiger partial charge < -0.3 is 9.47 Å². The summed E-state index contributed by atoms with van der Waals surface area (Å²) >= 11 is 1.66. The third-order valence-corrected chi connectivity index (χ3v) is 6.49. The van der Waals surface area contributed by atoms with Crippen LogP contribution >= 0.6 is 11.8 Å². The van der Waals surface area contributed by atoms with Crippen molar-refractivity contribution in [3.05, 3.63) is 54.1 Å². The van der Waals surface area contributed by atoms with Crippen LogP contribution in [-0.4, -0.2) is 28.5 Å². The van der Waals surface area contributed by atoms with Crippen LogP contribution in [0.4, 0.5) is 0 Å². The molecule has 0 spiro atoms. The molecule has 1 aliphatic rings. The second-order valence-corrected chi connectivity index (χ2v) is 7.72. The number of benzene rings is 2. The van der Waals surface area contributed by atoms with E-state index in [-0.39, 0.29) is 11.2 Å². The highest BCUT2D eigenvalue weighted by molar-refractivity contribution is 8.00. The molecule has 2 heterocycles. The molecule has 3 aromatic rings. The van der Waals surface area contributed by atoms with Crippen molar-refractivity contribution in [2.24, 2.45) is 0 Å². The van der Waals surface area contributed by atoms with Gasteiger partial charge >= 0.3 is 0 Å². The Balaban J connectivity index is 2.04. The third-order valence-electron chi connectivity index (χ3n) is 5.21. The van der Waals surface area contributed by atoms with Crippen molar-refractivity contribution in [2.75, 3.05) is 13.1 Å². The van der Waals surface area contributed by atoms with Gasteiger partial charge in [0.15, 0.2) is 0 Å². The predicted octanol–water partition coefficient (Wildman–Crippen LogP) is 4.96. The standard InChI is InChI=1S/C23H22N2OS/c1-4-15-25-18-13-9-7-11-16(18)20-21(25)17-12-8-10-14-19(17)27-22(20)23(26)24(5-2)6-3/h1,7-14,22H,5-6,15H2,2-3H3/i23-1. The van der Waals surface area contributed by atoms with E-state index >= 15 is 0 Å². The van der Waals surface area contributed by atoms with Gasteiger partial charge in [0.1, 0.15) is 5.25 Å². The lowest BCUT2D eigenvalue weighted by Crippen LogP contribution is -2.34. The number of aromatic nitrogens is 1. The van der Waals surface area contributed by atoms with E-state index in [9.17, 15) is 4.79 Å². The monoisotopic (exact) mass is 373 g/mol. The van der Waals surface area contributed by atoms with Gasteiger partial charge in [-0.05, 0) is 26.0 Å². The summed E-state index contributed by atoms with van der Waals surface area (Å²) in [6, 6.07) is 16.6. The normalized spacial score (nSPS) is 15.1. The number of carbonyl (C=O) groups excluding carboxylic acids is 1. The zero-order chi connectivity index (χ0) is 19.0. The van der Waals surface area contributed by atoms with Crippen molar-refractivity contribution in [3.63, 3.8) is 0 Å². The Morgan fingerprint density at radius 3 is 2.59 bits per heavy atom. The molecule has 1 aromatic heterocycles. The number of rotatable bonds is 4. The topological polar surface area (TPSA) is 25.2 Å². The highest BCUT2D eigenvalue weighted by atomic mass is 32.2. The Morgan fingerprint density at radius 1 is 1.15 bits per heavy atom. The molecule has 0 bridgehead atoms. The lowest BCUT2D eigenvalue weighted by molar-refractivity contribution is -0.130. The van der Waals surface area contributed by atoms with Crippen LogP contribution in [0, 0.1) is 12.3 Å². The number of terminal acetylenes is 1. The maximum atomic E-state index is 13.4. The Kier molecular flexibility index (Phi) is 4.72. The molecule has 4 heteroatoms. The number of amides is 1. The van der Waals surface area contributed by atoms with Crippen molar-refractivity contribution in [3.8, 4) is 23.6 Å². The van der Waals surface area contributed by atoms with E-state index in [2.05, 4.69) is 34.8 Å². The first kappa shape index (κ1) is 17.8. The number of fused-ring (bicyclic) bond motifs is 5. The first-order chi connectivity index (χ1) is 13.2. The second kappa shape index (κ2) is 7.17. The smallest absolute Gasteiger partial charge is 0.240 e. The van der Waals surface area contributed by atoms with Gasteiger partial charge in [-0.25, -0.2) is 0 Å². The first-order valence-corrected chi connectivity index (χ1v) is 10.2. The summed E-state index contributed by atoms with van der Waals surface area (Å²) in [5, 5.41) is 0.869. The van der Waals surface area contributed by atoms with Crippen molar-refractivity contribution in [1.29, 1.82) is 0 Å². The number of likely N-dealkylation sites (N-methyl/N-ethyl adjacent to an activating group) is 1. The Bertz CT molecular complexity index is 1060. The van der Waals surface area contributed by atoms with Gasteiger partial charge in [0.25, 0.3) is 0 Å². The predicted molar refractivity (Wildman–Crippen MR) is 113 cm³/mol. The highest BCUT2D eigenvalue weighted by Crippen LogP contribution is 2.53. The van der Waals surface area contributed by atoms with Crippen molar-refractivity contribution < 1.29 is 4.79 Å². The molecule has 0 saturated carbocycles. The highest BCUT2D eigenvalue weighted by Gasteiger charge is 2.36. The quantitative estimate of drug-likeness (QED) is 0.604. The van der Waals surface area contributed by atoms with E-state index in [1.165, 1.54) is 0 Å². The van der Waals surface area contributed by atoms with E-state index in [4.69, 9.17) is 6.42 Å². The minimum atomic E-state index is -0.251. The van der Waals surface area contributed by atoms with Gasteiger partial charge in [-0.2, -0.15) is 0 Å². The molecule has 136 valence electrons. The van der Waals surface area contributed by atoms with E-state index in [0.29, 0.717) is 19.6 Å². The second-order valence-electron chi connectivity index (χ2n) is 6.57. The number of nitrogens with zero attached hydrogens (tertiary/aromatic N) is 2. The van der Waals surface area contributed by atoms with Crippen molar-refractivity contribution in [1.82, 2.24) is 9.47 Å². The number of carbonyl (C=O) groups is 1. The molecule has 27 heavy (non-hydrogen) atoms. The average Bonchev–Trinajstić information content (AvgIpc) is 3.03. The van der Waals surface area contributed by atoms with E-state index in [1.807, 2.05) is 43.0 Å². The average molecular weight is 374 g/mol. The fourth-order valence-corrected chi connectivity index (χ4v) is 5.28. The van der Waals surface area contributed by atoms with E-state index in [1.54, 1.807) is 11.8 Å². The molecule has 1 unspecified atom stereocenters. The number of hydrogen-bond acceptors (Lipinski definition) is 2. The number of hydrogen-bond donors (Lipinski definition) is 0. The lowest BCUT2D eigenvalue weighted by atomic mass is 9.83. The maximum Gasteiger partial charge on any atom is 0.240 e. The maximum absolute atomic E-state index is 13.4. The van der Waals surface area contributed by atoms with Gasteiger partial charge in [-0.1, -0.05) is 42.3 Å². The Labute approximate surface area is 164 Å². The summed E-state index contributed by atoms with van der Waals surface area (Å²) in [6.45, 7) is 5.98. The Morgan fingerprint density at radius 2 is 1.85 bits per heavy atom. The molecule has 3 nitrogen and oxygen atoms in total. The summed E-state index contributed by atoms with van der Waals surface area (Å²) in [5.41, 5.74) is 4.44. The molecule has 1 aliphatic heterocycles. The van der Waals surface area contributed by atoms with Gasteiger partial charge in [-0.15, -0.1) is 18.2 Å². The number of para-hydroxylation sites is 1. The fraction of sp³-hybridized carbons (Fsp3) is 0.261.